The topological polar surface area (TPSA) is 75.7 Å². The first kappa shape index (κ1) is 22.4. The number of piperidine rings is 1. The van der Waals surface area contributed by atoms with Crippen molar-refractivity contribution in [2.24, 2.45) is 0 Å². The van der Waals surface area contributed by atoms with Gasteiger partial charge >= 0.3 is 12.2 Å². The summed E-state index contributed by atoms with van der Waals surface area (Å²) in [5, 5.41) is 2.04. The largest absolute Gasteiger partial charge is 0.497 e. The highest BCUT2D eigenvalue weighted by Gasteiger charge is 2.47. The van der Waals surface area contributed by atoms with Crippen molar-refractivity contribution in [3.8, 4) is 5.75 Å². The van der Waals surface area contributed by atoms with E-state index in [0.717, 1.165) is 12.1 Å². The van der Waals surface area contributed by atoms with Crippen molar-refractivity contribution in [1.29, 1.82) is 0 Å². The van der Waals surface area contributed by atoms with E-state index in [0.29, 0.717) is 31.4 Å². The molecule has 2 amide bonds. The van der Waals surface area contributed by atoms with Gasteiger partial charge in [0, 0.05) is 17.8 Å². The fraction of sp³-hybridized carbons (Fsp3) is 0.409. The standard InChI is InChI=1S/C22H23F3N2O4S/c1-31-18-3-2-4-19(13-18)32(29,30)20-11-16-9-10-17(12-20)27(16)21(28)26-15-7-5-14(6-8-15)22(23,24)25/h2-8,13,16-17,20H,9-12H2,1H3,(H,26,28)/t16-,17+,20?. The first-order chi connectivity index (χ1) is 15.1. The van der Waals surface area contributed by atoms with Gasteiger partial charge in [0.05, 0.1) is 22.8 Å². The van der Waals surface area contributed by atoms with Gasteiger partial charge in [0.15, 0.2) is 9.84 Å². The number of alkyl halides is 3. The Morgan fingerprint density at radius 3 is 2.25 bits per heavy atom. The van der Waals surface area contributed by atoms with E-state index >= 15 is 0 Å². The highest BCUT2D eigenvalue weighted by atomic mass is 32.2. The fourth-order valence-electron chi connectivity index (χ4n) is 4.61. The van der Waals surface area contributed by atoms with E-state index in [1.807, 2.05) is 0 Å². The van der Waals surface area contributed by atoms with Crippen LogP contribution < -0.4 is 10.1 Å². The highest BCUT2D eigenvalue weighted by Crippen LogP contribution is 2.40. The molecule has 3 atom stereocenters. The molecule has 0 aliphatic carbocycles. The summed E-state index contributed by atoms with van der Waals surface area (Å²) in [6.07, 6.45) is -2.44. The van der Waals surface area contributed by atoms with E-state index in [4.69, 9.17) is 4.74 Å². The third-order valence-electron chi connectivity index (χ3n) is 6.20. The Bertz CT molecular complexity index is 1090. The van der Waals surface area contributed by atoms with Crippen LogP contribution in [0.2, 0.25) is 0 Å². The Kier molecular flexibility index (Phi) is 5.83. The second-order valence-electron chi connectivity index (χ2n) is 8.11. The van der Waals surface area contributed by atoms with Crippen molar-refractivity contribution in [3.63, 3.8) is 0 Å². The Morgan fingerprint density at radius 1 is 1.06 bits per heavy atom. The van der Waals surface area contributed by atoms with Crippen molar-refractivity contribution in [2.75, 3.05) is 12.4 Å². The monoisotopic (exact) mass is 468 g/mol. The third-order valence-corrected chi connectivity index (χ3v) is 8.37. The van der Waals surface area contributed by atoms with E-state index in [2.05, 4.69) is 5.32 Å². The SMILES string of the molecule is COc1cccc(S(=O)(=O)C2C[C@H]3CC[C@@H](C2)N3C(=O)Nc2ccc(C(F)(F)F)cc2)c1. The maximum atomic E-state index is 13.2. The van der Waals surface area contributed by atoms with Gasteiger partial charge in [0.2, 0.25) is 0 Å². The number of nitrogens with zero attached hydrogens (tertiary/aromatic N) is 1. The normalized spacial score (nSPS) is 23.1. The molecule has 0 radical (unpaired) electrons. The van der Waals surface area contributed by atoms with Gasteiger partial charge < -0.3 is 15.0 Å². The summed E-state index contributed by atoms with van der Waals surface area (Å²) in [6.45, 7) is 0. The Labute approximate surface area is 184 Å². The van der Waals surface area contributed by atoms with Gasteiger partial charge in [-0.1, -0.05) is 6.07 Å². The molecule has 0 spiro atoms. The zero-order valence-electron chi connectivity index (χ0n) is 17.3. The molecule has 0 aromatic heterocycles. The predicted octanol–water partition coefficient (Wildman–Crippen LogP) is 4.72. The van der Waals surface area contributed by atoms with Gasteiger partial charge in [-0.15, -0.1) is 0 Å². The summed E-state index contributed by atoms with van der Waals surface area (Å²) in [7, 11) is -2.12. The number of ether oxygens (including phenoxy) is 1. The van der Waals surface area contributed by atoms with Crippen LogP contribution in [-0.4, -0.2) is 43.8 Å². The second-order valence-corrected chi connectivity index (χ2v) is 10.3. The van der Waals surface area contributed by atoms with Crippen molar-refractivity contribution in [3.05, 3.63) is 54.1 Å². The molecule has 32 heavy (non-hydrogen) atoms. The van der Waals surface area contributed by atoms with E-state index in [1.54, 1.807) is 23.1 Å². The zero-order chi connectivity index (χ0) is 23.1. The maximum absolute atomic E-state index is 13.2. The summed E-state index contributed by atoms with van der Waals surface area (Å²) in [6, 6.07) is 9.70. The van der Waals surface area contributed by atoms with Crippen LogP contribution in [0.4, 0.5) is 23.7 Å². The molecule has 2 bridgehead atoms. The molecule has 4 rings (SSSR count). The molecule has 2 aromatic carbocycles. The van der Waals surface area contributed by atoms with Crippen LogP contribution in [0.5, 0.6) is 5.75 Å². The summed E-state index contributed by atoms with van der Waals surface area (Å²) >= 11 is 0. The molecule has 2 fully saturated rings. The van der Waals surface area contributed by atoms with Crippen LogP contribution in [0.3, 0.4) is 0 Å². The lowest BCUT2D eigenvalue weighted by molar-refractivity contribution is -0.137. The summed E-state index contributed by atoms with van der Waals surface area (Å²) < 4.78 is 69.7. The molecule has 1 N–H and O–H groups in total. The first-order valence-corrected chi connectivity index (χ1v) is 11.8. The van der Waals surface area contributed by atoms with E-state index < -0.39 is 32.9 Å². The van der Waals surface area contributed by atoms with Crippen LogP contribution >= 0.6 is 0 Å². The Morgan fingerprint density at radius 2 is 1.69 bits per heavy atom. The second kappa shape index (κ2) is 8.31. The molecule has 6 nitrogen and oxygen atoms in total. The molecule has 2 heterocycles. The number of nitrogens with one attached hydrogen (secondary N) is 1. The molecule has 2 saturated heterocycles. The van der Waals surface area contributed by atoms with Gasteiger partial charge in [-0.05, 0) is 68.1 Å². The smallest absolute Gasteiger partial charge is 0.416 e. The summed E-state index contributed by atoms with van der Waals surface area (Å²) in [5.41, 5.74) is -0.535. The number of fused-ring (bicyclic) bond motifs is 2. The minimum absolute atomic E-state index is 0.198. The molecule has 10 heteroatoms. The molecule has 172 valence electrons. The molecule has 2 aliphatic rings. The average Bonchev–Trinajstić information content (AvgIpc) is 3.03. The number of carbonyl (C=O) groups is 1. The van der Waals surface area contributed by atoms with E-state index in [9.17, 15) is 26.4 Å². The van der Waals surface area contributed by atoms with Crippen molar-refractivity contribution in [2.45, 2.75) is 54.1 Å². The summed E-state index contributed by atoms with van der Waals surface area (Å²) in [5.74, 6) is 0.461. The van der Waals surface area contributed by atoms with Crippen molar-refractivity contribution >= 4 is 21.6 Å². The predicted molar refractivity (Wildman–Crippen MR) is 112 cm³/mol. The number of benzene rings is 2. The summed E-state index contributed by atoms with van der Waals surface area (Å²) in [4.78, 5) is 14.7. The van der Waals surface area contributed by atoms with Crippen molar-refractivity contribution in [1.82, 2.24) is 4.90 Å². The molecule has 0 saturated carbocycles. The van der Waals surface area contributed by atoms with Crippen LogP contribution in [0.1, 0.15) is 31.2 Å². The quantitative estimate of drug-likeness (QED) is 0.705. The zero-order valence-corrected chi connectivity index (χ0v) is 18.1. The van der Waals surface area contributed by atoms with Crippen molar-refractivity contribution < 1.29 is 31.1 Å². The number of carbonyl (C=O) groups excluding carboxylic acids is 1. The molecule has 1 unspecified atom stereocenters. The number of sulfone groups is 1. The molecule has 2 aliphatic heterocycles. The van der Waals surface area contributed by atoms with Crippen LogP contribution in [-0.2, 0) is 16.0 Å². The van der Waals surface area contributed by atoms with E-state index in [1.165, 1.54) is 25.3 Å². The lowest BCUT2D eigenvalue weighted by atomic mass is 10.0. The highest BCUT2D eigenvalue weighted by molar-refractivity contribution is 7.92. The molecule has 2 aromatic rings. The number of hydrogen-bond donors (Lipinski definition) is 1. The number of halogens is 3. The lowest BCUT2D eigenvalue weighted by Crippen LogP contribution is -2.51. The van der Waals surface area contributed by atoms with Gasteiger partial charge in [0.25, 0.3) is 0 Å². The number of anilines is 1. The number of amides is 2. The van der Waals surface area contributed by atoms with Gasteiger partial charge in [-0.25, -0.2) is 13.2 Å². The maximum Gasteiger partial charge on any atom is 0.416 e. The Balaban J connectivity index is 1.46. The average molecular weight is 468 g/mol. The number of rotatable bonds is 4. The number of methoxy groups -OCH3 is 1. The lowest BCUT2D eigenvalue weighted by Gasteiger charge is -2.38. The molecular formula is C22H23F3N2O4S. The number of urea groups is 1. The molecular weight excluding hydrogens is 445 g/mol. The van der Waals surface area contributed by atoms with Crippen LogP contribution in [0, 0.1) is 0 Å². The third kappa shape index (κ3) is 4.28. The van der Waals surface area contributed by atoms with Crippen LogP contribution in [0.25, 0.3) is 0 Å². The van der Waals surface area contributed by atoms with Gasteiger partial charge in [-0.2, -0.15) is 13.2 Å². The van der Waals surface area contributed by atoms with Gasteiger partial charge in [0.1, 0.15) is 5.75 Å². The Hall–Kier alpha value is -2.75. The fourth-order valence-corrected chi connectivity index (χ4v) is 6.50. The van der Waals surface area contributed by atoms with Crippen LogP contribution in [0.15, 0.2) is 53.4 Å². The van der Waals surface area contributed by atoms with Gasteiger partial charge in [-0.3, -0.25) is 0 Å². The minimum atomic E-state index is -4.45. The minimum Gasteiger partial charge on any atom is -0.497 e. The first-order valence-electron chi connectivity index (χ1n) is 10.2. The number of hydrogen-bond acceptors (Lipinski definition) is 4. The van der Waals surface area contributed by atoms with E-state index in [-0.39, 0.29) is 22.7 Å².